The van der Waals surface area contributed by atoms with Gasteiger partial charge < -0.3 is 10.2 Å². The number of carbonyl (C=O) groups is 1. The number of carbonyl (C=O) groups excluding carboxylic acids is 1. The van der Waals surface area contributed by atoms with Crippen LogP contribution in [-0.2, 0) is 4.79 Å². The number of nitrogens with zero attached hydrogens (tertiary/aromatic N) is 2. The maximum atomic E-state index is 12.6. The van der Waals surface area contributed by atoms with Gasteiger partial charge in [-0.1, -0.05) is 19.3 Å². The van der Waals surface area contributed by atoms with Gasteiger partial charge in [0.2, 0.25) is 5.91 Å². The number of nitrogens with one attached hydrogen (secondary N) is 1. The monoisotopic (exact) mass is 315 g/mol. The molecular weight excluding hydrogens is 286 g/mol. The summed E-state index contributed by atoms with van der Waals surface area (Å²) in [5.41, 5.74) is 0.280. The molecule has 0 aromatic rings. The first-order chi connectivity index (χ1) is 9.80. The Morgan fingerprint density at radius 2 is 1.62 bits per heavy atom. The van der Waals surface area contributed by atoms with Gasteiger partial charge in [0, 0.05) is 38.3 Å². The predicted molar refractivity (Wildman–Crippen MR) is 87.9 cm³/mol. The molecule has 2 heterocycles. The van der Waals surface area contributed by atoms with Gasteiger partial charge in [-0.05, 0) is 32.1 Å². The molecule has 3 fully saturated rings. The summed E-state index contributed by atoms with van der Waals surface area (Å²) < 4.78 is 0. The van der Waals surface area contributed by atoms with Crippen LogP contribution in [0.15, 0.2) is 0 Å². The Hall–Kier alpha value is -0.320. The summed E-state index contributed by atoms with van der Waals surface area (Å²) in [5, 5.41) is 3.56. The molecule has 0 aromatic heterocycles. The zero-order valence-corrected chi connectivity index (χ0v) is 13.9. The summed E-state index contributed by atoms with van der Waals surface area (Å²) in [6.45, 7) is 5.78. The molecule has 0 aromatic carbocycles. The van der Waals surface area contributed by atoms with Gasteiger partial charge in [0.1, 0.15) is 0 Å². The molecule has 5 heteroatoms. The number of hydrogen-bond donors (Lipinski definition) is 1. The fourth-order valence-electron chi connectivity index (χ4n) is 4.24. The van der Waals surface area contributed by atoms with Crippen LogP contribution < -0.4 is 5.32 Å². The smallest absolute Gasteiger partial charge is 0.236 e. The maximum Gasteiger partial charge on any atom is 0.236 e. The predicted octanol–water partition coefficient (Wildman–Crippen LogP) is 2.03. The molecule has 3 rings (SSSR count). The second kappa shape index (κ2) is 7.80. The van der Waals surface area contributed by atoms with E-state index in [1.165, 1.54) is 51.4 Å². The highest BCUT2D eigenvalue weighted by Crippen LogP contribution is 2.34. The van der Waals surface area contributed by atoms with E-state index in [0.717, 1.165) is 32.7 Å². The summed E-state index contributed by atoms with van der Waals surface area (Å²) in [6.07, 6.45) is 10.3. The molecular formula is C16H30ClN3O. The quantitative estimate of drug-likeness (QED) is 0.847. The number of rotatable bonds is 2. The lowest BCUT2D eigenvalue weighted by Gasteiger charge is -2.50. The summed E-state index contributed by atoms with van der Waals surface area (Å²) in [4.78, 5) is 17.2. The van der Waals surface area contributed by atoms with Crippen molar-refractivity contribution in [2.45, 2.75) is 56.9 Å². The molecule has 0 atom stereocenters. The number of piperidine rings is 1. The van der Waals surface area contributed by atoms with Gasteiger partial charge in [-0.2, -0.15) is 0 Å². The van der Waals surface area contributed by atoms with Crippen molar-refractivity contribution in [2.75, 3.05) is 39.3 Å². The van der Waals surface area contributed by atoms with Crippen molar-refractivity contribution in [3.8, 4) is 0 Å². The van der Waals surface area contributed by atoms with E-state index in [-0.39, 0.29) is 17.9 Å². The van der Waals surface area contributed by atoms with E-state index in [0.29, 0.717) is 12.5 Å². The highest BCUT2D eigenvalue weighted by Gasteiger charge is 2.40. The minimum Gasteiger partial charge on any atom is -0.342 e. The minimum atomic E-state index is 0. The fraction of sp³-hybridized carbons (Fsp3) is 0.938. The normalized spacial score (nSPS) is 26.4. The molecule has 2 aliphatic heterocycles. The third-order valence-corrected chi connectivity index (χ3v) is 5.50. The lowest BCUT2D eigenvalue weighted by atomic mass is 9.79. The summed E-state index contributed by atoms with van der Waals surface area (Å²) >= 11 is 0. The molecule has 122 valence electrons. The number of likely N-dealkylation sites (tertiary alicyclic amines) is 1. The van der Waals surface area contributed by atoms with E-state index in [1.54, 1.807) is 0 Å². The van der Waals surface area contributed by atoms with Crippen molar-refractivity contribution in [1.29, 1.82) is 0 Å². The Morgan fingerprint density at radius 3 is 2.33 bits per heavy atom. The number of hydrogen-bond acceptors (Lipinski definition) is 3. The molecule has 0 unspecified atom stereocenters. The van der Waals surface area contributed by atoms with Crippen LogP contribution in [-0.4, -0.2) is 60.5 Å². The highest BCUT2D eigenvalue weighted by atomic mass is 35.5. The Labute approximate surface area is 135 Å². The third kappa shape index (κ3) is 3.91. The first-order valence-electron chi connectivity index (χ1n) is 8.54. The van der Waals surface area contributed by atoms with Gasteiger partial charge in [-0.25, -0.2) is 0 Å². The van der Waals surface area contributed by atoms with E-state index in [4.69, 9.17) is 0 Å². The topological polar surface area (TPSA) is 35.6 Å². The molecule has 2 saturated heterocycles. The Balaban J connectivity index is 0.00000161. The molecule has 4 nitrogen and oxygen atoms in total. The van der Waals surface area contributed by atoms with Crippen molar-refractivity contribution >= 4 is 18.3 Å². The van der Waals surface area contributed by atoms with Crippen LogP contribution in [0.1, 0.15) is 51.4 Å². The molecule has 0 radical (unpaired) electrons. The average Bonchev–Trinajstić information content (AvgIpc) is 2.51. The lowest BCUT2D eigenvalue weighted by molar-refractivity contribution is -0.136. The van der Waals surface area contributed by atoms with Crippen molar-refractivity contribution in [1.82, 2.24) is 15.1 Å². The number of amides is 1. The summed E-state index contributed by atoms with van der Waals surface area (Å²) in [5.74, 6) is 0.372. The van der Waals surface area contributed by atoms with Crippen LogP contribution in [0.2, 0.25) is 0 Å². The van der Waals surface area contributed by atoms with Crippen LogP contribution in [0, 0.1) is 0 Å². The van der Waals surface area contributed by atoms with Gasteiger partial charge in [0.25, 0.3) is 0 Å². The third-order valence-electron chi connectivity index (χ3n) is 5.50. The van der Waals surface area contributed by atoms with Gasteiger partial charge in [-0.15, -0.1) is 12.4 Å². The summed E-state index contributed by atoms with van der Waals surface area (Å²) in [7, 11) is 0. The Kier molecular flexibility index (Phi) is 6.33. The minimum absolute atomic E-state index is 0. The maximum absolute atomic E-state index is 12.6. The van der Waals surface area contributed by atoms with Crippen LogP contribution in [0.5, 0.6) is 0 Å². The van der Waals surface area contributed by atoms with Gasteiger partial charge in [0.05, 0.1) is 6.54 Å². The number of piperazine rings is 1. The zero-order chi connectivity index (χ0) is 13.8. The van der Waals surface area contributed by atoms with Crippen molar-refractivity contribution in [3.05, 3.63) is 0 Å². The van der Waals surface area contributed by atoms with E-state index in [1.807, 2.05) is 0 Å². The van der Waals surface area contributed by atoms with Crippen LogP contribution >= 0.6 is 12.4 Å². The van der Waals surface area contributed by atoms with E-state index >= 15 is 0 Å². The largest absolute Gasteiger partial charge is 0.342 e. The zero-order valence-electron chi connectivity index (χ0n) is 13.1. The molecule has 1 aliphatic carbocycles. The number of halogens is 1. The van der Waals surface area contributed by atoms with Crippen LogP contribution in [0.4, 0.5) is 0 Å². The molecule has 0 bridgehead atoms. The summed E-state index contributed by atoms with van der Waals surface area (Å²) in [6, 6.07) is 0. The SMILES string of the molecule is Cl.O=C(CN1CCNCC12CCCCC2)N1CCCCC1. The average molecular weight is 316 g/mol. The Morgan fingerprint density at radius 1 is 0.952 bits per heavy atom. The molecule has 21 heavy (non-hydrogen) atoms. The lowest BCUT2D eigenvalue weighted by Crippen LogP contribution is -2.63. The molecule has 1 saturated carbocycles. The van der Waals surface area contributed by atoms with Crippen LogP contribution in [0.25, 0.3) is 0 Å². The van der Waals surface area contributed by atoms with Crippen LogP contribution in [0.3, 0.4) is 0 Å². The highest BCUT2D eigenvalue weighted by molar-refractivity contribution is 5.85. The molecule has 1 N–H and O–H groups in total. The van der Waals surface area contributed by atoms with Crippen molar-refractivity contribution < 1.29 is 4.79 Å². The Bertz CT molecular complexity index is 330. The van der Waals surface area contributed by atoms with E-state index in [2.05, 4.69) is 15.1 Å². The van der Waals surface area contributed by atoms with Gasteiger partial charge >= 0.3 is 0 Å². The standard InChI is InChI=1S/C16H29N3O.ClH/c20-15(18-10-5-2-6-11-18)13-19-12-9-17-14-16(19)7-3-1-4-8-16;/h17H,1-14H2;1H. The first-order valence-corrected chi connectivity index (χ1v) is 8.54. The second-order valence-electron chi connectivity index (χ2n) is 6.82. The van der Waals surface area contributed by atoms with Crippen molar-refractivity contribution in [2.24, 2.45) is 0 Å². The van der Waals surface area contributed by atoms with E-state index < -0.39 is 0 Å². The van der Waals surface area contributed by atoms with Gasteiger partial charge in [-0.3, -0.25) is 9.69 Å². The first kappa shape index (κ1) is 17.0. The molecule has 1 amide bonds. The fourth-order valence-corrected chi connectivity index (χ4v) is 4.24. The van der Waals surface area contributed by atoms with Crippen molar-refractivity contribution in [3.63, 3.8) is 0 Å². The molecule has 1 spiro atoms. The van der Waals surface area contributed by atoms with E-state index in [9.17, 15) is 4.79 Å². The van der Waals surface area contributed by atoms with Gasteiger partial charge in [0.15, 0.2) is 0 Å². The molecule has 3 aliphatic rings. The second-order valence-corrected chi connectivity index (χ2v) is 6.82.